The first kappa shape index (κ1) is 29.5. The summed E-state index contributed by atoms with van der Waals surface area (Å²) in [5.74, 6) is 0.575. The zero-order valence-corrected chi connectivity index (χ0v) is 26.0. The average Bonchev–Trinajstić information content (AvgIpc) is 3.81. The maximum absolute atomic E-state index is 14.4. The fraction of sp³-hybridized carbons (Fsp3) is 0.394. The van der Waals surface area contributed by atoms with Crippen molar-refractivity contribution in [2.24, 2.45) is 5.92 Å². The Morgan fingerprint density at radius 3 is 2.35 bits per heavy atom. The number of carbonyl (C=O) groups is 2. The Bertz CT molecular complexity index is 1650. The minimum Gasteiger partial charge on any atom is -0.494 e. The molecule has 3 aliphatic rings. The maximum atomic E-state index is 14.4. The molecular formula is C33H36ClN3O5S. The summed E-state index contributed by atoms with van der Waals surface area (Å²) in [7, 11) is -3.95. The van der Waals surface area contributed by atoms with Crippen molar-refractivity contribution in [2.75, 3.05) is 24.0 Å². The molecule has 2 heterocycles. The van der Waals surface area contributed by atoms with Crippen LogP contribution in [0.3, 0.4) is 0 Å². The molecule has 10 heteroatoms. The standard InChI is InChI=1S/C33H36ClN3O5S/c1-3-42-26-11-13-27(14-12-26)43(40,41)37-30-15-10-24(32(39)35-21-25-6-4-5-7-29(25)34)20-28(30)33(31(37)23-8-9-23)16-18-36(19-17-33)22(2)38/h4-7,10-15,20,23,31H,3,8-9,16-19,21H2,1-2H3,(H,35,39). The van der Waals surface area contributed by atoms with Crippen LogP contribution in [-0.2, 0) is 26.8 Å². The second-order valence-electron chi connectivity index (χ2n) is 11.7. The summed E-state index contributed by atoms with van der Waals surface area (Å²) in [6.07, 6.45) is 3.14. The lowest BCUT2D eigenvalue weighted by Gasteiger charge is -2.45. The van der Waals surface area contributed by atoms with E-state index >= 15 is 0 Å². The van der Waals surface area contributed by atoms with Crippen LogP contribution in [0.2, 0.25) is 5.02 Å². The molecule has 2 aliphatic heterocycles. The van der Waals surface area contributed by atoms with Gasteiger partial charge in [-0.05, 0) is 98.2 Å². The second kappa shape index (κ2) is 11.5. The van der Waals surface area contributed by atoms with Gasteiger partial charge in [0.2, 0.25) is 5.91 Å². The molecule has 226 valence electrons. The predicted octanol–water partition coefficient (Wildman–Crippen LogP) is 5.54. The van der Waals surface area contributed by atoms with Gasteiger partial charge in [0, 0.05) is 42.6 Å². The molecule has 0 radical (unpaired) electrons. The van der Waals surface area contributed by atoms with Gasteiger partial charge in [-0.1, -0.05) is 29.8 Å². The van der Waals surface area contributed by atoms with Crippen molar-refractivity contribution in [3.63, 3.8) is 0 Å². The lowest BCUT2D eigenvalue weighted by molar-refractivity contribution is -0.130. The Morgan fingerprint density at radius 1 is 1.02 bits per heavy atom. The summed E-state index contributed by atoms with van der Waals surface area (Å²) in [4.78, 5) is 27.7. The van der Waals surface area contributed by atoms with Gasteiger partial charge in [-0.3, -0.25) is 13.9 Å². The normalized spacial score (nSPS) is 19.3. The summed E-state index contributed by atoms with van der Waals surface area (Å²) >= 11 is 6.30. The van der Waals surface area contributed by atoms with Crippen LogP contribution in [-0.4, -0.2) is 50.9 Å². The van der Waals surface area contributed by atoms with Crippen LogP contribution in [0.5, 0.6) is 5.75 Å². The van der Waals surface area contributed by atoms with Crippen LogP contribution in [0.25, 0.3) is 0 Å². The lowest BCUT2D eigenvalue weighted by atomic mass is 9.68. The highest BCUT2D eigenvalue weighted by Crippen LogP contribution is 2.59. The van der Waals surface area contributed by atoms with E-state index in [1.165, 1.54) is 0 Å². The molecule has 8 nitrogen and oxygen atoms in total. The Hall–Kier alpha value is -3.56. The van der Waals surface area contributed by atoms with Crippen molar-refractivity contribution < 1.29 is 22.7 Å². The largest absolute Gasteiger partial charge is 0.494 e. The number of nitrogens with one attached hydrogen (secondary N) is 1. The van der Waals surface area contributed by atoms with Gasteiger partial charge in [0.05, 0.1) is 23.2 Å². The topological polar surface area (TPSA) is 96.0 Å². The molecule has 1 saturated heterocycles. The summed E-state index contributed by atoms with van der Waals surface area (Å²) in [5, 5.41) is 3.55. The molecule has 1 unspecified atom stereocenters. The fourth-order valence-electron chi connectivity index (χ4n) is 6.83. The number of carbonyl (C=O) groups excluding carboxylic acids is 2. The zero-order chi connectivity index (χ0) is 30.4. The van der Waals surface area contributed by atoms with Gasteiger partial charge >= 0.3 is 0 Å². The number of benzene rings is 3. The summed E-state index contributed by atoms with van der Waals surface area (Å²) in [6.45, 7) is 5.30. The van der Waals surface area contributed by atoms with Gasteiger partial charge in [-0.25, -0.2) is 8.42 Å². The summed E-state index contributed by atoms with van der Waals surface area (Å²) in [6, 6.07) is 19.0. The van der Waals surface area contributed by atoms with E-state index in [1.807, 2.05) is 36.1 Å². The van der Waals surface area contributed by atoms with E-state index in [4.69, 9.17) is 16.3 Å². The second-order valence-corrected chi connectivity index (χ2v) is 13.9. The molecule has 1 N–H and O–H groups in total. The van der Waals surface area contributed by atoms with Crippen LogP contribution < -0.4 is 14.4 Å². The van der Waals surface area contributed by atoms with Crippen molar-refractivity contribution >= 4 is 39.1 Å². The highest BCUT2D eigenvalue weighted by atomic mass is 35.5. The van der Waals surface area contributed by atoms with E-state index in [1.54, 1.807) is 53.7 Å². The van der Waals surface area contributed by atoms with Gasteiger partial charge in [0.1, 0.15) is 5.75 Å². The smallest absolute Gasteiger partial charge is 0.264 e. The molecule has 0 bridgehead atoms. The van der Waals surface area contributed by atoms with Crippen molar-refractivity contribution in [2.45, 2.75) is 62.4 Å². The molecule has 3 aromatic rings. The van der Waals surface area contributed by atoms with Crippen LogP contribution in [0.15, 0.2) is 71.6 Å². The highest BCUT2D eigenvalue weighted by Gasteiger charge is 2.60. The van der Waals surface area contributed by atoms with Crippen molar-refractivity contribution in [1.82, 2.24) is 10.2 Å². The number of likely N-dealkylation sites (tertiary alicyclic amines) is 1. The Balaban J connectivity index is 1.40. The van der Waals surface area contributed by atoms with Gasteiger partial charge in [-0.15, -0.1) is 0 Å². The van der Waals surface area contributed by atoms with Crippen LogP contribution in [0, 0.1) is 5.92 Å². The van der Waals surface area contributed by atoms with E-state index in [9.17, 15) is 18.0 Å². The van der Waals surface area contributed by atoms with Gasteiger partial charge in [-0.2, -0.15) is 0 Å². The van der Waals surface area contributed by atoms with Crippen molar-refractivity contribution in [3.05, 3.63) is 88.4 Å². The first-order valence-electron chi connectivity index (χ1n) is 14.8. The van der Waals surface area contributed by atoms with Crippen LogP contribution >= 0.6 is 11.6 Å². The third-order valence-corrected chi connectivity index (χ3v) is 11.3. The minimum atomic E-state index is -3.95. The van der Waals surface area contributed by atoms with E-state index in [0.29, 0.717) is 54.6 Å². The number of ether oxygens (including phenoxy) is 1. The van der Waals surface area contributed by atoms with E-state index in [0.717, 1.165) is 24.0 Å². The molecule has 1 spiro atoms. The third-order valence-electron chi connectivity index (χ3n) is 9.11. The number of rotatable bonds is 8. The molecule has 43 heavy (non-hydrogen) atoms. The monoisotopic (exact) mass is 621 g/mol. The SMILES string of the molecule is CCOc1ccc(S(=O)(=O)N2c3ccc(C(=O)NCc4ccccc4Cl)cc3C3(CCN(C(C)=O)CC3)C2C2CC2)cc1. The first-order chi connectivity index (χ1) is 20.7. The van der Waals surface area contributed by atoms with E-state index in [2.05, 4.69) is 5.32 Å². The predicted molar refractivity (Wildman–Crippen MR) is 166 cm³/mol. The van der Waals surface area contributed by atoms with E-state index < -0.39 is 15.4 Å². The summed E-state index contributed by atoms with van der Waals surface area (Å²) < 4.78 is 36.1. The third kappa shape index (κ3) is 5.38. The van der Waals surface area contributed by atoms with E-state index in [-0.39, 0.29) is 35.2 Å². The number of halogens is 1. The molecule has 3 aromatic carbocycles. The lowest BCUT2D eigenvalue weighted by Crippen LogP contribution is -2.54. The van der Waals surface area contributed by atoms with Gasteiger partial charge in [0.25, 0.3) is 15.9 Å². The molecule has 1 saturated carbocycles. The first-order valence-corrected chi connectivity index (χ1v) is 16.7. The van der Waals surface area contributed by atoms with Crippen LogP contribution in [0.4, 0.5) is 5.69 Å². The maximum Gasteiger partial charge on any atom is 0.264 e. The Morgan fingerprint density at radius 2 is 1.72 bits per heavy atom. The number of sulfonamides is 1. The number of nitrogens with zero attached hydrogens (tertiary/aromatic N) is 2. The number of fused-ring (bicyclic) bond motifs is 2. The number of piperidine rings is 1. The minimum absolute atomic E-state index is 0.0163. The summed E-state index contributed by atoms with van der Waals surface area (Å²) in [5.41, 5.74) is 2.25. The fourth-order valence-corrected chi connectivity index (χ4v) is 8.83. The van der Waals surface area contributed by atoms with Crippen molar-refractivity contribution in [3.8, 4) is 5.75 Å². The molecular weight excluding hydrogens is 586 g/mol. The number of amides is 2. The van der Waals surface area contributed by atoms with Crippen LogP contribution in [0.1, 0.15) is 61.0 Å². The zero-order valence-electron chi connectivity index (χ0n) is 24.4. The molecule has 1 atom stereocenters. The quantitative estimate of drug-likeness (QED) is 0.357. The number of hydrogen-bond donors (Lipinski definition) is 1. The average molecular weight is 622 g/mol. The van der Waals surface area contributed by atoms with Crippen molar-refractivity contribution in [1.29, 1.82) is 0 Å². The molecule has 2 amide bonds. The Kier molecular flexibility index (Phi) is 7.89. The molecule has 6 rings (SSSR count). The van der Waals surface area contributed by atoms with Gasteiger partial charge < -0.3 is 15.0 Å². The molecule has 1 aliphatic carbocycles. The number of anilines is 1. The Labute approximate surface area is 258 Å². The highest BCUT2D eigenvalue weighted by molar-refractivity contribution is 7.93. The molecule has 2 fully saturated rings. The number of hydrogen-bond acceptors (Lipinski definition) is 5. The van der Waals surface area contributed by atoms with Gasteiger partial charge in [0.15, 0.2) is 0 Å². The molecule has 0 aromatic heterocycles.